The lowest BCUT2D eigenvalue weighted by atomic mass is 10.1. The molecule has 1 amide bonds. The molecule has 0 bridgehead atoms. The second-order valence-corrected chi connectivity index (χ2v) is 6.07. The molecular weight excluding hydrogens is 368 g/mol. The summed E-state index contributed by atoms with van der Waals surface area (Å²) in [5, 5.41) is 6.00. The third kappa shape index (κ3) is 3.63. The van der Waals surface area contributed by atoms with Crippen LogP contribution in [0.1, 0.15) is 15.9 Å². The van der Waals surface area contributed by atoms with E-state index in [0.29, 0.717) is 11.3 Å². The van der Waals surface area contributed by atoms with Gasteiger partial charge in [0.2, 0.25) is 0 Å². The van der Waals surface area contributed by atoms with Crippen LogP contribution in [-0.2, 0) is 0 Å². The van der Waals surface area contributed by atoms with Crippen LogP contribution in [0, 0.1) is 0 Å². The van der Waals surface area contributed by atoms with Gasteiger partial charge in [-0.05, 0) is 40.6 Å². The number of ether oxygens (including phenoxy) is 1. The van der Waals surface area contributed by atoms with Crippen LogP contribution >= 0.6 is 15.9 Å². The van der Waals surface area contributed by atoms with Crippen molar-refractivity contribution in [3.63, 3.8) is 0 Å². The fraction of sp³-hybridized carbons (Fsp3) is 0.0526. The predicted octanol–water partition coefficient (Wildman–Crippen LogP) is 4.37. The minimum absolute atomic E-state index is 0.316. The number of halogens is 1. The third-order valence-electron chi connectivity index (χ3n) is 3.54. The summed E-state index contributed by atoms with van der Waals surface area (Å²) in [5.41, 5.74) is 3.87. The van der Waals surface area contributed by atoms with E-state index in [1.807, 2.05) is 54.6 Å². The van der Waals surface area contributed by atoms with E-state index in [1.54, 1.807) is 19.4 Å². The lowest BCUT2D eigenvalue weighted by Crippen LogP contribution is -2.18. The van der Waals surface area contributed by atoms with E-state index in [2.05, 4.69) is 26.5 Å². The highest BCUT2D eigenvalue weighted by Crippen LogP contribution is 2.25. The van der Waals surface area contributed by atoms with E-state index >= 15 is 0 Å². The number of hydrazone groups is 1. The predicted molar refractivity (Wildman–Crippen MR) is 99.7 cm³/mol. The molecular formula is C19H15BrN2O2. The summed E-state index contributed by atoms with van der Waals surface area (Å²) < 4.78 is 6.29. The maximum atomic E-state index is 12.4. The number of methoxy groups -OCH3 is 1. The maximum Gasteiger partial charge on any atom is 0.275 e. The standard InChI is InChI=1S/C19H15BrN2O2/c1-24-18-11-15-7-3-2-6-14(15)10-17(18)19(23)22-21-12-13-5-4-8-16(20)9-13/h2-12H,1H3,(H,22,23). The van der Waals surface area contributed by atoms with E-state index in [-0.39, 0.29) is 5.91 Å². The fourth-order valence-electron chi connectivity index (χ4n) is 2.38. The number of amides is 1. The molecule has 4 nitrogen and oxygen atoms in total. The van der Waals surface area contributed by atoms with Gasteiger partial charge in [-0.15, -0.1) is 0 Å². The molecule has 0 atom stereocenters. The van der Waals surface area contributed by atoms with Crippen molar-refractivity contribution in [2.45, 2.75) is 0 Å². The van der Waals surface area contributed by atoms with Crippen LogP contribution in [0.5, 0.6) is 5.75 Å². The zero-order valence-electron chi connectivity index (χ0n) is 13.0. The molecule has 24 heavy (non-hydrogen) atoms. The Kier molecular flexibility index (Phi) is 4.91. The zero-order chi connectivity index (χ0) is 16.9. The molecule has 0 heterocycles. The number of hydrogen-bond donors (Lipinski definition) is 1. The van der Waals surface area contributed by atoms with Crippen LogP contribution < -0.4 is 10.2 Å². The van der Waals surface area contributed by atoms with Crippen molar-refractivity contribution >= 4 is 38.8 Å². The Morgan fingerprint density at radius 1 is 1.08 bits per heavy atom. The number of rotatable bonds is 4. The van der Waals surface area contributed by atoms with Crippen LogP contribution in [0.15, 0.2) is 70.2 Å². The number of carbonyl (C=O) groups is 1. The van der Waals surface area contributed by atoms with E-state index < -0.39 is 0 Å². The molecule has 0 aromatic heterocycles. The van der Waals surface area contributed by atoms with Crippen molar-refractivity contribution < 1.29 is 9.53 Å². The zero-order valence-corrected chi connectivity index (χ0v) is 14.6. The summed E-state index contributed by atoms with van der Waals surface area (Å²) in [5.74, 6) is 0.202. The summed E-state index contributed by atoms with van der Waals surface area (Å²) in [6, 6.07) is 19.1. The lowest BCUT2D eigenvalue weighted by Gasteiger charge is -2.09. The first-order chi connectivity index (χ1) is 11.7. The van der Waals surface area contributed by atoms with Gasteiger partial charge in [0, 0.05) is 4.47 Å². The number of fused-ring (bicyclic) bond motifs is 1. The van der Waals surface area contributed by atoms with Gasteiger partial charge >= 0.3 is 0 Å². The molecule has 120 valence electrons. The first-order valence-electron chi connectivity index (χ1n) is 7.33. The van der Waals surface area contributed by atoms with Gasteiger partial charge in [0.15, 0.2) is 0 Å². The number of nitrogens with zero attached hydrogens (tertiary/aromatic N) is 1. The van der Waals surface area contributed by atoms with Crippen LogP contribution in [0.25, 0.3) is 10.8 Å². The molecule has 0 aliphatic carbocycles. The Morgan fingerprint density at radius 2 is 1.83 bits per heavy atom. The third-order valence-corrected chi connectivity index (χ3v) is 4.03. The Bertz CT molecular complexity index is 922. The van der Waals surface area contributed by atoms with Crippen molar-refractivity contribution in [1.29, 1.82) is 0 Å². The lowest BCUT2D eigenvalue weighted by molar-refractivity contribution is 0.0952. The van der Waals surface area contributed by atoms with E-state index in [9.17, 15) is 4.79 Å². The maximum absolute atomic E-state index is 12.4. The van der Waals surface area contributed by atoms with Gasteiger partial charge in [0.25, 0.3) is 5.91 Å². The molecule has 1 N–H and O–H groups in total. The van der Waals surface area contributed by atoms with E-state index in [4.69, 9.17) is 4.74 Å². The van der Waals surface area contributed by atoms with E-state index in [1.165, 1.54) is 0 Å². The van der Waals surface area contributed by atoms with Crippen LogP contribution in [0.3, 0.4) is 0 Å². The monoisotopic (exact) mass is 382 g/mol. The van der Waals surface area contributed by atoms with E-state index in [0.717, 1.165) is 20.8 Å². The molecule has 0 saturated heterocycles. The minimum atomic E-state index is -0.316. The molecule has 0 aliphatic rings. The molecule has 0 spiro atoms. The number of hydrogen-bond acceptors (Lipinski definition) is 3. The number of carbonyl (C=O) groups excluding carboxylic acids is 1. The van der Waals surface area contributed by atoms with Crippen molar-refractivity contribution in [2.24, 2.45) is 5.10 Å². The molecule has 3 aromatic rings. The van der Waals surface area contributed by atoms with Gasteiger partial charge in [-0.2, -0.15) is 5.10 Å². The molecule has 0 saturated carbocycles. The highest BCUT2D eigenvalue weighted by molar-refractivity contribution is 9.10. The van der Waals surface area contributed by atoms with Gasteiger partial charge < -0.3 is 4.74 Å². The molecule has 0 radical (unpaired) electrons. The van der Waals surface area contributed by atoms with Crippen LogP contribution in [0.4, 0.5) is 0 Å². The topological polar surface area (TPSA) is 50.7 Å². The summed E-state index contributed by atoms with van der Waals surface area (Å²) in [4.78, 5) is 12.4. The van der Waals surface area contributed by atoms with Crippen LogP contribution in [0.2, 0.25) is 0 Å². The second-order valence-electron chi connectivity index (χ2n) is 5.15. The molecule has 0 unspecified atom stereocenters. The van der Waals surface area contributed by atoms with Crippen LogP contribution in [-0.4, -0.2) is 19.2 Å². The highest BCUT2D eigenvalue weighted by atomic mass is 79.9. The molecule has 5 heteroatoms. The minimum Gasteiger partial charge on any atom is -0.496 e. The quantitative estimate of drug-likeness (QED) is 0.537. The average molecular weight is 383 g/mol. The van der Waals surface area contributed by atoms with Crippen molar-refractivity contribution in [3.8, 4) is 5.75 Å². The summed E-state index contributed by atoms with van der Waals surface area (Å²) in [6.45, 7) is 0. The highest BCUT2D eigenvalue weighted by Gasteiger charge is 2.13. The smallest absolute Gasteiger partial charge is 0.275 e. The second kappa shape index (κ2) is 7.27. The van der Waals surface area contributed by atoms with Gasteiger partial charge in [-0.1, -0.05) is 52.3 Å². The van der Waals surface area contributed by atoms with Gasteiger partial charge in [-0.3, -0.25) is 4.79 Å². The first kappa shape index (κ1) is 16.2. The number of nitrogens with one attached hydrogen (secondary N) is 1. The van der Waals surface area contributed by atoms with Crippen molar-refractivity contribution in [2.75, 3.05) is 7.11 Å². The largest absolute Gasteiger partial charge is 0.496 e. The SMILES string of the molecule is COc1cc2ccccc2cc1C(=O)NN=Cc1cccc(Br)c1. The molecule has 0 fully saturated rings. The summed E-state index contributed by atoms with van der Waals surface area (Å²) in [7, 11) is 1.55. The Labute approximate surface area is 148 Å². The van der Waals surface area contributed by atoms with Crippen molar-refractivity contribution in [1.82, 2.24) is 5.43 Å². The average Bonchev–Trinajstić information content (AvgIpc) is 2.60. The Balaban J connectivity index is 1.83. The summed E-state index contributed by atoms with van der Waals surface area (Å²) in [6.07, 6.45) is 1.59. The molecule has 3 rings (SSSR count). The normalized spacial score (nSPS) is 10.9. The Morgan fingerprint density at radius 3 is 2.54 bits per heavy atom. The molecule has 0 aliphatic heterocycles. The van der Waals surface area contributed by atoms with Gasteiger partial charge in [-0.25, -0.2) is 5.43 Å². The first-order valence-corrected chi connectivity index (χ1v) is 8.12. The van der Waals surface area contributed by atoms with Crippen molar-refractivity contribution in [3.05, 3.63) is 76.3 Å². The number of benzene rings is 3. The Hall–Kier alpha value is -2.66. The summed E-state index contributed by atoms with van der Waals surface area (Å²) >= 11 is 3.40. The van der Waals surface area contributed by atoms with Gasteiger partial charge in [0.1, 0.15) is 5.75 Å². The van der Waals surface area contributed by atoms with Gasteiger partial charge in [0.05, 0.1) is 18.9 Å². The fourth-order valence-corrected chi connectivity index (χ4v) is 2.80. The molecule has 3 aromatic carbocycles.